The lowest BCUT2D eigenvalue weighted by Crippen LogP contribution is -1.99. The Bertz CT molecular complexity index is 411. The molecule has 0 N–H and O–H groups in total. The van der Waals surface area contributed by atoms with Gasteiger partial charge in [0.15, 0.2) is 0 Å². The van der Waals surface area contributed by atoms with Crippen LogP contribution in [0, 0.1) is 11.3 Å². The number of benzene rings is 1. The third kappa shape index (κ3) is 2.38. The van der Waals surface area contributed by atoms with Gasteiger partial charge in [-0.25, -0.2) is 0 Å². The first-order valence-electron chi connectivity index (χ1n) is 5.58. The van der Waals surface area contributed by atoms with E-state index in [1.807, 2.05) is 18.2 Å². The SMILES string of the molecule is N#Cc1ccc2c(c1)C(CCBr)CCCO2. The van der Waals surface area contributed by atoms with Crippen LogP contribution in [0.25, 0.3) is 0 Å². The van der Waals surface area contributed by atoms with E-state index in [1.54, 1.807) is 0 Å². The highest BCUT2D eigenvalue weighted by Crippen LogP contribution is 2.36. The van der Waals surface area contributed by atoms with Crippen molar-refractivity contribution in [2.75, 3.05) is 11.9 Å². The average molecular weight is 280 g/mol. The molecule has 1 atom stereocenters. The number of nitrogens with zero attached hydrogens (tertiary/aromatic N) is 1. The minimum atomic E-state index is 0.519. The maximum Gasteiger partial charge on any atom is 0.122 e. The summed E-state index contributed by atoms with van der Waals surface area (Å²) in [6.45, 7) is 0.789. The van der Waals surface area contributed by atoms with Crippen LogP contribution in [0.3, 0.4) is 0 Å². The third-order valence-corrected chi connectivity index (χ3v) is 3.45. The predicted octanol–water partition coefficient (Wildman–Crippen LogP) is 3.60. The second kappa shape index (κ2) is 5.36. The molecule has 0 aromatic heterocycles. The highest BCUT2D eigenvalue weighted by atomic mass is 79.9. The van der Waals surface area contributed by atoms with Gasteiger partial charge in [0.25, 0.3) is 0 Å². The third-order valence-electron chi connectivity index (χ3n) is 2.99. The number of ether oxygens (including phenoxy) is 1. The van der Waals surface area contributed by atoms with Crippen molar-refractivity contribution < 1.29 is 4.74 Å². The summed E-state index contributed by atoms with van der Waals surface area (Å²) >= 11 is 3.49. The molecule has 16 heavy (non-hydrogen) atoms. The summed E-state index contributed by atoms with van der Waals surface area (Å²) in [5.74, 6) is 1.48. The Morgan fingerprint density at radius 1 is 1.50 bits per heavy atom. The fourth-order valence-corrected chi connectivity index (χ4v) is 2.72. The van der Waals surface area contributed by atoms with E-state index in [0.29, 0.717) is 5.92 Å². The van der Waals surface area contributed by atoms with Crippen molar-refractivity contribution in [3.05, 3.63) is 29.3 Å². The number of hydrogen-bond acceptors (Lipinski definition) is 2. The molecule has 0 spiro atoms. The number of nitriles is 1. The van der Waals surface area contributed by atoms with E-state index in [1.165, 1.54) is 5.56 Å². The van der Waals surface area contributed by atoms with Crippen LogP contribution in [-0.4, -0.2) is 11.9 Å². The van der Waals surface area contributed by atoms with Crippen LogP contribution in [-0.2, 0) is 0 Å². The van der Waals surface area contributed by atoms with Crippen LogP contribution < -0.4 is 4.74 Å². The van der Waals surface area contributed by atoms with Crippen LogP contribution in [0.15, 0.2) is 18.2 Å². The van der Waals surface area contributed by atoms with Crippen molar-refractivity contribution in [3.8, 4) is 11.8 Å². The van der Waals surface area contributed by atoms with Gasteiger partial charge in [0.1, 0.15) is 5.75 Å². The molecule has 84 valence electrons. The molecule has 0 fully saturated rings. The molecule has 0 amide bonds. The van der Waals surface area contributed by atoms with Crippen molar-refractivity contribution in [3.63, 3.8) is 0 Å². The molecular weight excluding hydrogens is 266 g/mol. The number of hydrogen-bond donors (Lipinski definition) is 0. The summed E-state index contributed by atoms with van der Waals surface area (Å²) in [4.78, 5) is 0. The van der Waals surface area contributed by atoms with Crippen molar-refractivity contribution in [1.82, 2.24) is 0 Å². The molecule has 1 aliphatic rings. The summed E-state index contributed by atoms with van der Waals surface area (Å²) in [6.07, 6.45) is 3.34. The first kappa shape index (κ1) is 11.5. The quantitative estimate of drug-likeness (QED) is 0.775. The Morgan fingerprint density at radius 2 is 2.38 bits per heavy atom. The molecule has 3 heteroatoms. The lowest BCUT2D eigenvalue weighted by molar-refractivity contribution is 0.316. The molecule has 0 saturated heterocycles. The van der Waals surface area contributed by atoms with Gasteiger partial charge in [0, 0.05) is 5.33 Å². The Hall–Kier alpha value is -1.01. The van der Waals surface area contributed by atoms with E-state index in [2.05, 4.69) is 22.0 Å². The van der Waals surface area contributed by atoms with E-state index in [9.17, 15) is 0 Å². The number of fused-ring (bicyclic) bond motifs is 1. The summed E-state index contributed by atoms with van der Waals surface area (Å²) in [5.41, 5.74) is 1.93. The number of alkyl halides is 1. The first-order chi connectivity index (χ1) is 7.85. The molecule has 0 radical (unpaired) electrons. The molecule has 1 aromatic rings. The molecule has 0 saturated carbocycles. The lowest BCUT2D eigenvalue weighted by atomic mass is 9.91. The van der Waals surface area contributed by atoms with Gasteiger partial charge in [-0.15, -0.1) is 0 Å². The molecule has 1 aromatic carbocycles. The van der Waals surface area contributed by atoms with E-state index in [4.69, 9.17) is 10.00 Å². The van der Waals surface area contributed by atoms with Gasteiger partial charge in [0.05, 0.1) is 18.2 Å². The van der Waals surface area contributed by atoms with Gasteiger partial charge >= 0.3 is 0 Å². The summed E-state index contributed by atoms with van der Waals surface area (Å²) < 4.78 is 5.70. The Balaban J connectivity index is 2.37. The second-order valence-corrected chi connectivity index (χ2v) is 4.82. The van der Waals surface area contributed by atoms with Crippen LogP contribution in [0.4, 0.5) is 0 Å². The highest BCUT2D eigenvalue weighted by Gasteiger charge is 2.19. The first-order valence-corrected chi connectivity index (χ1v) is 6.70. The van der Waals surface area contributed by atoms with Crippen LogP contribution in [0.1, 0.15) is 36.3 Å². The van der Waals surface area contributed by atoms with Crippen molar-refractivity contribution in [2.24, 2.45) is 0 Å². The van der Waals surface area contributed by atoms with Crippen LogP contribution in [0.5, 0.6) is 5.75 Å². The highest BCUT2D eigenvalue weighted by molar-refractivity contribution is 9.09. The van der Waals surface area contributed by atoms with Crippen LogP contribution >= 0.6 is 15.9 Å². The van der Waals surface area contributed by atoms with Gasteiger partial charge in [0.2, 0.25) is 0 Å². The van der Waals surface area contributed by atoms with Crippen molar-refractivity contribution in [1.29, 1.82) is 5.26 Å². The largest absolute Gasteiger partial charge is 0.493 e. The topological polar surface area (TPSA) is 33.0 Å². The second-order valence-electron chi connectivity index (χ2n) is 4.03. The zero-order valence-corrected chi connectivity index (χ0v) is 10.7. The standard InChI is InChI=1S/C13H14BrNO/c14-6-5-11-2-1-7-16-13-4-3-10(9-15)8-12(11)13/h3-4,8,11H,1-2,5-7H2. The zero-order chi connectivity index (χ0) is 11.4. The fourth-order valence-electron chi connectivity index (χ4n) is 2.17. The van der Waals surface area contributed by atoms with Crippen LogP contribution in [0.2, 0.25) is 0 Å². The van der Waals surface area contributed by atoms with E-state index in [0.717, 1.165) is 42.5 Å². The Kier molecular flexibility index (Phi) is 3.84. The van der Waals surface area contributed by atoms with E-state index < -0.39 is 0 Å². The van der Waals surface area contributed by atoms with Crippen molar-refractivity contribution in [2.45, 2.75) is 25.2 Å². The predicted molar refractivity (Wildman–Crippen MR) is 67.0 cm³/mol. The lowest BCUT2D eigenvalue weighted by Gasteiger charge is -2.15. The van der Waals surface area contributed by atoms with Gasteiger partial charge in [-0.3, -0.25) is 0 Å². The summed E-state index contributed by atoms with van der Waals surface area (Å²) in [5, 5.41) is 9.92. The van der Waals surface area contributed by atoms with Gasteiger partial charge in [-0.05, 0) is 48.9 Å². The molecule has 1 aliphatic heterocycles. The van der Waals surface area contributed by atoms with E-state index >= 15 is 0 Å². The molecule has 0 bridgehead atoms. The van der Waals surface area contributed by atoms with Crippen molar-refractivity contribution >= 4 is 15.9 Å². The van der Waals surface area contributed by atoms with Gasteiger partial charge < -0.3 is 4.74 Å². The zero-order valence-electron chi connectivity index (χ0n) is 9.08. The molecule has 2 nitrogen and oxygen atoms in total. The van der Waals surface area contributed by atoms with E-state index in [-0.39, 0.29) is 0 Å². The monoisotopic (exact) mass is 279 g/mol. The number of halogens is 1. The minimum absolute atomic E-state index is 0.519. The van der Waals surface area contributed by atoms with Gasteiger partial charge in [-0.2, -0.15) is 5.26 Å². The normalized spacial score (nSPS) is 19.1. The Morgan fingerprint density at radius 3 is 3.12 bits per heavy atom. The molecule has 1 unspecified atom stereocenters. The molecule has 2 rings (SSSR count). The average Bonchev–Trinajstić information content (AvgIpc) is 2.52. The summed E-state index contributed by atoms with van der Waals surface area (Å²) in [6, 6.07) is 7.93. The van der Waals surface area contributed by atoms with Gasteiger partial charge in [-0.1, -0.05) is 15.9 Å². The molecular formula is C13H14BrNO. The molecule has 1 heterocycles. The Labute approximate surface area is 104 Å². The fraction of sp³-hybridized carbons (Fsp3) is 0.462. The molecule has 0 aliphatic carbocycles. The summed E-state index contributed by atoms with van der Waals surface area (Å²) in [7, 11) is 0. The maximum absolute atomic E-state index is 8.93. The smallest absolute Gasteiger partial charge is 0.122 e. The number of rotatable bonds is 2. The minimum Gasteiger partial charge on any atom is -0.493 e. The maximum atomic E-state index is 8.93.